The van der Waals surface area contributed by atoms with Crippen LogP contribution in [0, 0.1) is 0 Å². The molecular weight excluding hydrogens is 416 g/mol. The molecule has 7 nitrogen and oxygen atoms in total. The monoisotopic (exact) mass is 438 g/mol. The minimum absolute atomic E-state index is 0.293. The lowest BCUT2D eigenvalue weighted by molar-refractivity contribution is 0.217. The van der Waals surface area contributed by atoms with Gasteiger partial charge in [-0.15, -0.1) is 0 Å². The molecule has 0 amide bonds. The summed E-state index contributed by atoms with van der Waals surface area (Å²) < 4.78 is 20.0. The van der Waals surface area contributed by atoms with Gasteiger partial charge in [-0.2, -0.15) is 10.1 Å². The van der Waals surface area contributed by atoms with Crippen LogP contribution in [-0.4, -0.2) is 29.0 Å². The summed E-state index contributed by atoms with van der Waals surface area (Å²) in [6.07, 6.45) is 1.15. The predicted octanol–water partition coefficient (Wildman–Crippen LogP) is 4.86. The fraction of sp³-hybridized carbons (Fsp3) is 0.154. The van der Waals surface area contributed by atoms with Crippen molar-refractivity contribution in [1.29, 1.82) is 0 Å². The number of para-hydroxylation sites is 3. The fourth-order valence-corrected chi connectivity index (χ4v) is 4.75. The smallest absolute Gasteiger partial charge is 0.226 e. The summed E-state index contributed by atoms with van der Waals surface area (Å²) in [5.74, 6) is 3.00. The Bertz CT molecular complexity index is 1380. The predicted molar refractivity (Wildman–Crippen MR) is 125 cm³/mol. The Kier molecular flexibility index (Phi) is 4.54. The largest absolute Gasteiger partial charge is 0.496 e. The summed E-state index contributed by atoms with van der Waals surface area (Å²) in [5.41, 5.74) is 4.87. The van der Waals surface area contributed by atoms with Crippen molar-refractivity contribution < 1.29 is 14.2 Å². The first kappa shape index (κ1) is 19.4. The lowest BCUT2D eigenvalue weighted by Gasteiger charge is -2.39. The van der Waals surface area contributed by atoms with E-state index in [4.69, 9.17) is 14.2 Å². The van der Waals surface area contributed by atoms with E-state index in [1.54, 1.807) is 20.5 Å². The summed E-state index contributed by atoms with van der Waals surface area (Å²) in [4.78, 5) is 4.48. The number of nitrogens with zero attached hydrogens (tertiary/aromatic N) is 3. The number of fused-ring (bicyclic) bond motifs is 3. The Morgan fingerprint density at radius 3 is 2.30 bits per heavy atom. The molecule has 0 radical (unpaired) electrons. The van der Waals surface area contributed by atoms with Crippen molar-refractivity contribution in [1.82, 2.24) is 14.8 Å². The van der Waals surface area contributed by atoms with Gasteiger partial charge >= 0.3 is 0 Å². The van der Waals surface area contributed by atoms with E-state index in [0.717, 1.165) is 45.2 Å². The molecule has 33 heavy (non-hydrogen) atoms. The Balaban J connectivity index is 1.66. The van der Waals surface area contributed by atoms with Crippen LogP contribution in [-0.2, 0) is 0 Å². The Labute approximate surface area is 191 Å². The molecule has 4 aromatic rings. The molecule has 0 fully saturated rings. The first-order valence-corrected chi connectivity index (χ1v) is 10.7. The molecule has 0 aliphatic carbocycles. The van der Waals surface area contributed by atoms with Crippen molar-refractivity contribution in [3.05, 3.63) is 101 Å². The zero-order chi connectivity index (χ0) is 22.4. The number of methoxy groups -OCH3 is 2. The number of aromatic nitrogens is 3. The zero-order valence-corrected chi connectivity index (χ0v) is 18.2. The molecule has 2 aliphatic heterocycles. The van der Waals surface area contributed by atoms with E-state index in [2.05, 4.69) is 27.5 Å². The van der Waals surface area contributed by atoms with E-state index in [1.807, 2.05) is 65.3 Å². The molecule has 3 heterocycles. The van der Waals surface area contributed by atoms with Crippen LogP contribution in [0.2, 0.25) is 0 Å². The highest BCUT2D eigenvalue weighted by Gasteiger charge is 2.42. The van der Waals surface area contributed by atoms with Gasteiger partial charge in [0.25, 0.3) is 0 Å². The summed E-state index contributed by atoms with van der Waals surface area (Å²) in [5, 5.41) is 8.09. The van der Waals surface area contributed by atoms with E-state index in [9.17, 15) is 0 Å². The van der Waals surface area contributed by atoms with Gasteiger partial charge in [0, 0.05) is 22.3 Å². The zero-order valence-electron chi connectivity index (χ0n) is 18.2. The van der Waals surface area contributed by atoms with Gasteiger partial charge in [0.15, 0.2) is 6.10 Å². The van der Waals surface area contributed by atoms with Gasteiger partial charge in [0.2, 0.25) is 5.95 Å². The van der Waals surface area contributed by atoms with Gasteiger partial charge in [0.1, 0.15) is 29.6 Å². The van der Waals surface area contributed by atoms with E-state index in [0.29, 0.717) is 5.95 Å². The minimum Gasteiger partial charge on any atom is -0.496 e. The van der Waals surface area contributed by atoms with Gasteiger partial charge in [0.05, 0.1) is 19.9 Å². The molecule has 2 atom stereocenters. The third kappa shape index (κ3) is 2.96. The highest BCUT2D eigenvalue weighted by Crippen LogP contribution is 2.52. The third-order valence-corrected chi connectivity index (χ3v) is 6.18. The van der Waals surface area contributed by atoms with Crippen LogP contribution in [0.5, 0.6) is 17.2 Å². The van der Waals surface area contributed by atoms with E-state index in [-0.39, 0.29) is 6.04 Å². The molecule has 0 saturated carbocycles. The average Bonchev–Trinajstić information content (AvgIpc) is 3.35. The van der Waals surface area contributed by atoms with E-state index >= 15 is 0 Å². The number of nitrogens with one attached hydrogen (secondary N) is 1. The second-order valence-electron chi connectivity index (χ2n) is 7.86. The van der Waals surface area contributed by atoms with Crippen LogP contribution in [0.15, 0.2) is 84.7 Å². The highest BCUT2D eigenvalue weighted by molar-refractivity contribution is 5.85. The van der Waals surface area contributed by atoms with Crippen LogP contribution in [0.3, 0.4) is 0 Å². The third-order valence-electron chi connectivity index (χ3n) is 6.18. The number of ether oxygens (including phenoxy) is 3. The van der Waals surface area contributed by atoms with E-state index in [1.165, 1.54) is 0 Å². The highest BCUT2D eigenvalue weighted by atomic mass is 16.5. The van der Waals surface area contributed by atoms with Crippen molar-refractivity contribution in [2.45, 2.75) is 12.1 Å². The van der Waals surface area contributed by atoms with Crippen molar-refractivity contribution in [3.63, 3.8) is 0 Å². The van der Waals surface area contributed by atoms with Crippen LogP contribution in [0.25, 0.3) is 5.70 Å². The molecule has 7 heteroatoms. The molecule has 3 aromatic carbocycles. The molecule has 1 N–H and O–H groups in total. The minimum atomic E-state index is -0.411. The van der Waals surface area contributed by atoms with Gasteiger partial charge in [-0.1, -0.05) is 48.5 Å². The second kappa shape index (κ2) is 7.70. The van der Waals surface area contributed by atoms with Gasteiger partial charge in [-0.05, 0) is 24.3 Å². The Morgan fingerprint density at radius 1 is 0.848 bits per heavy atom. The van der Waals surface area contributed by atoms with Crippen molar-refractivity contribution in [2.24, 2.45) is 0 Å². The molecule has 164 valence electrons. The van der Waals surface area contributed by atoms with Gasteiger partial charge in [-0.25, -0.2) is 4.68 Å². The Hall–Kier alpha value is -4.26. The molecule has 1 aromatic heterocycles. The molecule has 0 bridgehead atoms. The van der Waals surface area contributed by atoms with E-state index < -0.39 is 6.10 Å². The molecule has 2 aliphatic rings. The maximum Gasteiger partial charge on any atom is 0.226 e. The summed E-state index contributed by atoms with van der Waals surface area (Å²) in [7, 11) is 3.36. The number of hydrogen-bond acceptors (Lipinski definition) is 6. The molecule has 6 rings (SSSR count). The first-order chi connectivity index (χ1) is 16.3. The number of hydrogen-bond donors (Lipinski definition) is 1. The van der Waals surface area contributed by atoms with Crippen molar-refractivity contribution in [2.75, 3.05) is 19.5 Å². The molecule has 0 spiro atoms. The average molecular weight is 438 g/mol. The SMILES string of the molecule is COc1ccccc1C1Oc2ccccc2C2=C1C(c1ccccc1OC)n1ncnc1N2. The van der Waals surface area contributed by atoms with Gasteiger partial charge < -0.3 is 19.5 Å². The maximum absolute atomic E-state index is 6.67. The molecular formula is C26H22N4O3. The summed E-state index contributed by atoms with van der Waals surface area (Å²) in [6, 6.07) is 23.7. The topological polar surface area (TPSA) is 70.4 Å². The summed E-state index contributed by atoms with van der Waals surface area (Å²) >= 11 is 0. The maximum atomic E-state index is 6.67. The fourth-order valence-electron chi connectivity index (χ4n) is 4.75. The lowest BCUT2D eigenvalue weighted by atomic mass is 9.84. The normalized spacial score (nSPS) is 18.4. The van der Waals surface area contributed by atoms with Crippen LogP contribution in [0.1, 0.15) is 28.8 Å². The van der Waals surface area contributed by atoms with Crippen molar-refractivity contribution >= 4 is 11.6 Å². The lowest BCUT2D eigenvalue weighted by Crippen LogP contribution is -2.32. The molecule has 0 saturated heterocycles. The van der Waals surface area contributed by atoms with Crippen LogP contribution < -0.4 is 19.5 Å². The second-order valence-corrected chi connectivity index (χ2v) is 7.86. The van der Waals surface area contributed by atoms with Gasteiger partial charge in [-0.3, -0.25) is 0 Å². The standard InChI is InChI=1S/C26H22N4O3/c1-31-19-12-6-4-10-17(19)24-22-23(29-26-27-15-28-30(24)26)16-9-3-8-14-21(16)33-25(22)18-11-5-7-13-20(18)32-2/h3-15,24-25H,1-2H3,(H,27,28,29). The van der Waals surface area contributed by atoms with Crippen LogP contribution >= 0.6 is 0 Å². The number of anilines is 1. The van der Waals surface area contributed by atoms with Crippen molar-refractivity contribution in [3.8, 4) is 17.2 Å². The number of benzene rings is 3. The number of rotatable bonds is 4. The quantitative estimate of drug-likeness (QED) is 0.491. The summed E-state index contributed by atoms with van der Waals surface area (Å²) in [6.45, 7) is 0. The first-order valence-electron chi connectivity index (χ1n) is 10.7. The molecule has 2 unspecified atom stereocenters. The Morgan fingerprint density at radius 2 is 1.52 bits per heavy atom. The van der Waals surface area contributed by atoms with Crippen LogP contribution in [0.4, 0.5) is 5.95 Å².